The van der Waals surface area contributed by atoms with Gasteiger partial charge in [-0.05, 0) is 57.8 Å². The zero-order chi connectivity index (χ0) is 23.5. The van der Waals surface area contributed by atoms with E-state index in [4.69, 9.17) is 14.2 Å². The molecule has 1 aliphatic heterocycles. The molecule has 0 N–H and O–H groups in total. The number of rotatable bonds is 8. The number of hydrogen-bond donors (Lipinski definition) is 0. The van der Waals surface area contributed by atoms with Gasteiger partial charge in [0.2, 0.25) is 0 Å². The average Bonchev–Trinajstić information content (AvgIpc) is 3.01. The Morgan fingerprint density at radius 2 is 1.68 bits per heavy atom. The monoisotopic (exact) mass is 436 g/mol. The summed E-state index contributed by atoms with van der Waals surface area (Å²) in [7, 11) is 0. The molecule has 2 unspecified atom stereocenters. The molecule has 0 aromatic carbocycles. The quantitative estimate of drug-likeness (QED) is 0.293. The Balaban J connectivity index is 2.24. The summed E-state index contributed by atoms with van der Waals surface area (Å²) in [6, 6.07) is 0. The van der Waals surface area contributed by atoms with Gasteiger partial charge in [-0.1, -0.05) is 40.7 Å². The van der Waals surface area contributed by atoms with E-state index in [1.807, 2.05) is 27.7 Å². The Morgan fingerprint density at radius 3 is 2.16 bits per heavy atom. The van der Waals surface area contributed by atoms with Gasteiger partial charge in [-0.15, -0.1) is 0 Å². The molecule has 2 atom stereocenters. The van der Waals surface area contributed by atoms with Gasteiger partial charge < -0.3 is 14.2 Å². The molecule has 0 amide bonds. The molecule has 0 aromatic rings. The average molecular weight is 437 g/mol. The van der Waals surface area contributed by atoms with E-state index in [1.165, 1.54) is 0 Å². The van der Waals surface area contributed by atoms with E-state index in [2.05, 4.69) is 6.58 Å². The van der Waals surface area contributed by atoms with Crippen molar-refractivity contribution in [2.24, 2.45) is 10.8 Å². The van der Waals surface area contributed by atoms with Crippen LogP contribution in [0.25, 0.3) is 0 Å². The Labute approximate surface area is 187 Å². The van der Waals surface area contributed by atoms with Crippen LogP contribution < -0.4 is 0 Å². The molecule has 1 saturated heterocycles. The van der Waals surface area contributed by atoms with Gasteiger partial charge in [-0.25, -0.2) is 4.79 Å². The lowest BCUT2D eigenvalue weighted by Crippen LogP contribution is -2.52. The van der Waals surface area contributed by atoms with Crippen LogP contribution in [0.5, 0.6) is 0 Å². The van der Waals surface area contributed by atoms with Gasteiger partial charge in [-0.3, -0.25) is 9.59 Å². The third kappa shape index (κ3) is 5.89. The maximum Gasteiger partial charge on any atom is 0.334 e. The summed E-state index contributed by atoms with van der Waals surface area (Å²) in [4.78, 5) is 38.6. The lowest BCUT2D eigenvalue weighted by Gasteiger charge is -2.42. The van der Waals surface area contributed by atoms with Gasteiger partial charge in [0.15, 0.2) is 0 Å². The molecule has 0 bridgehead atoms. The molecule has 0 aromatic heterocycles. The van der Waals surface area contributed by atoms with Gasteiger partial charge in [0.25, 0.3) is 0 Å². The van der Waals surface area contributed by atoms with Crippen molar-refractivity contribution in [1.82, 2.24) is 0 Å². The fourth-order valence-electron chi connectivity index (χ4n) is 4.70. The largest absolute Gasteiger partial charge is 0.465 e. The molecule has 2 fully saturated rings. The number of carbonyl (C=O) groups is 3. The minimum absolute atomic E-state index is 0.143. The van der Waals surface area contributed by atoms with Crippen molar-refractivity contribution < 1.29 is 28.6 Å². The van der Waals surface area contributed by atoms with E-state index >= 15 is 0 Å². The summed E-state index contributed by atoms with van der Waals surface area (Å²) < 4.78 is 17.1. The Bertz CT molecular complexity index is 712. The Hall–Kier alpha value is -1.85. The third-order valence-corrected chi connectivity index (χ3v) is 7.02. The lowest BCUT2D eigenvalue weighted by atomic mass is 9.71. The predicted octanol–water partition coefficient (Wildman–Crippen LogP) is 5.28. The van der Waals surface area contributed by atoms with Crippen molar-refractivity contribution in [3.05, 3.63) is 12.2 Å². The summed E-state index contributed by atoms with van der Waals surface area (Å²) >= 11 is 0. The molecule has 176 valence electrons. The molecule has 2 aliphatic rings. The van der Waals surface area contributed by atoms with E-state index in [1.54, 1.807) is 13.8 Å². The van der Waals surface area contributed by atoms with Crippen LogP contribution in [0, 0.1) is 10.8 Å². The summed E-state index contributed by atoms with van der Waals surface area (Å²) in [6.07, 6.45) is 6.26. The Kier molecular flexibility index (Phi) is 7.65. The molecule has 0 spiro atoms. The summed E-state index contributed by atoms with van der Waals surface area (Å²) in [5.74, 6) is -1.49. The molecule has 0 radical (unpaired) electrons. The van der Waals surface area contributed by atoms with Crippen molar-refractivity contribution in [2.45, 2.75) is 111 Å². The normalized spacial score (nSPS) is 25.3. The highest BCUT2D eigenvalue weighted by Gasteiger charge is 2.58. The molecule has 6 nitrogen and oxygen atoms in total. The van der Waals surface area contributed by atoms with Gasteiger partial charge in [0.1, 0.15) is 16.6 Å². The zero-order valence-corrected chi connectivity index (χ0v) is 20.2. The number of carbonyl (C=O) groups excluding carboxylic acids is 3. The second-order valence-corrected chi connectivity index (χ2v) is 10.9. The Morgan fingerprint density at radius 1 is 1.06 bits per heavy atom. The number of hydrogen-bond acceptors (Lipinski definition) is 6. The van der Waals surface area contributed by atoms with Gasteiger partial charge in [0.05, 0.1) is 13.0 Å². The first-order valence-corrected chi connectivity index (χ1v) is 11.6. The minimum Gasteiger partial charge on any atom is -0.465 e. The van der Waals surface area contributed by atoms with Gasteiger partial charge >= 0.3 is 17.9 Å². The van der Waals surface area contributed by atoms with Crippen LogP contribution >= 0.6 is 0 Å². The first kappa shape index (κ1) is 25.4. The fraction of sp³-hybridized carbons (Fsp3) is 0.800. The first-order valence-electron chi connectivity index (χ1n) is 11.6. The maximum absolute atomic E-state index is 13.1. The molecule has 1 aliphatic carbocycles. The van der Waals surface area contributed by atoms with Crippen LogP contribution in [-0.4, -0.2) is 35.7 Å². The second kappa shape index (κ2) is 9.33. The standard InChI is InChI=1S/C25H40O6/c1-8-25(12-10-9-11-13-25)30-19(26)17-24(7,23(6)14-15-29-21(23)28)31-20(27)18(2)16-22(3,4)5/h2,8-17H2,1,3-7H3. The zero-order valence-electron chi connectivity index (χ0n) is 20.2. The van der Waals surface area contributed by atoms with Crippen LogP contribution in [0.4, 0.5) is 0 Å². The fourth-order valence-corrected chi connectivity index (χ4v) is 4.70. The van der Waals surface area contributed by atoms with E-state index in [0.29, 0.717) is 18.4 Å². The summed E-state index contributed by atoms with van der Waals surface area (Å²) in [6.45, 7) is 15.5. The second-order valence-electron chi connectivity index (χ2n) is 10.9. The van der Waals surface area contributed by atoms with E-state index in [-0.39, 0.29) is 18.4 Å². The van der Waals surface area contributed by atoms with Crippen LogP contribution in [-0.2, 0) is 28.6 Å². The first-order chi connectivity index (χ1) is 14.3. The minimum atomic E-state index is -1.39. The molecule has 31 heavy (non-hydrogen) atoms. The SMILES string of the molecule is C=C(CC(C)(C)C)C(=O)OC(C)(CC(=O)OC1(CC)CCCCC1)C1(C)CCOC1=O. The highest BCUT2D eigenvalue weighted by molar-refractivity contribution is 5.90. The van der Waals surface area contributed by atoms with Gasteiger partial charge in [0, 0.05) is 12.0 Å². The predicted molar refractivity (Wildman–Crippen MR) is 118 cm³/mol. The highest BCUT2D eigenvalue weighted by Crippen LogP contribution is 2.46. The van der Waals surface area contributed by atoms with E-state index in [0.717, 1.165) is 38.5 Å². The van der Waals surface area contributed by atoms with Crippen molar-refractivity contribution in [3.63, 3.8) is 0 Å². The third-order valence-electron chi connectivity index (χ3n) is 7.02. The topological polar surface area (TPSA) is 78.9 Å². The van der Waals surface area contributed by atoms with Crippen molar-refractivity contribution in [3.8, 4) is 0 Å². The lowest BCUT2D eigenvalue weighted by molar-refractivity contribution is -0.188. The highest BCUT2D eigenvalue weighted by atomic mass is 16.6. The number of cyclic esters (lactones) is 1. The van der Waals surface area contributed by atoms with Crippen LogP contribution in [0.2, 0.25) is 0 Å². The van der Waals surface area contributed by atoms with Crippen LogP contribution in [0.1, 0.15) is 99.3 Å². The van der Waals surface area contributed by atoms with Crippen molar-refractivity contribution in [2.75, 3.05) is 6.61 Å². The summed E-state index contributed by atoms with van der Waals surface area (Å²) in [5, 5.41) is 0. The molecule has 2 rings (SSSR count). The molecule has 6 heteroatoms. The number of esters is 3. The van der Waals surface area contributed by atoms with E-state index < -0.39 is 34.5 Å². The molecule has 1 heterocycles. The molecular formula is C25H40O6. The molecule has 1 saturated carbocycles. The number of ether oxygens (including phenoxy) is 3. The molecular weight excluding hydrogens is 396 g/mol. The van der Waals surface area contributed by atoms with Crippen molar-refractivity contribution >= 4 is 17.9 Å². The van der Waals surface area contributed by atoms with E-state index in [9.17, 15) is 14.4 Å². The van der Waals surface area contributed by atoms with Gasteiger partial charge in [-0.2, -0.15) is 0 Å². The van der Waals surface area contributed by atoms with Crippen LogP contribution in [0.3, 0.4) is 0 Å². The maximum atomic E-state index is 13.1. The smallest absolute Gasteiger partial charge is 0.334 e. The van der Waals surface area contributed by atoms with Crippen LogP contribution in [0.15, 0.2) is 12.2 Å². The summed E-state index contributed by atoms with van der Waals surface area (Å²) in [5.41, 5.74) is -2.81. The van der Waals surface area contributed by atoms with Crippen molar-refractivity contribution in [1.29, 1.82) is 0 Å².